The third kappa shape index (κ3) is 2.69. The Balaban J connectivity index is 1.81. The first kappa shape index (κ1) is 15.9. The van der Waals surface area contributed by atoms with Crippen LogP contribution in [0.15, 0.2) is 73.1 Å². The number of aromatic hydroxyl groups is 1. The second-order valence-electron chi connectivity index (χ2n) is 5.86. The number of para-hydroxylation sites is 1. The summed E-state index contributed by atoms with van der Waals surface area (Å²) in [5, 5.41) is 10.1. The van der Waals surface area contributed by atoms with Crippen LogP contribution in [0.25, 0.3) is 28.0 Å². The molecule has 128 valence electrons. The smallest absolute Gasteiger partial charge is 0.337 e. The van der Waals surface area contributed by atoms with Crippen LogP contribution < -0.4 is 0 Å². The first-order valence-corrected chi connectivity index (χ1v) is 8.12. The topological polar surface area (TPSA) is 63.8 Å². The SMILES string of the molecule is COC(=O)c1ccc(-c2cccn3cc(-c4ccccc4O)nc23)cc1. The van der Waals surface area contributed by atoms with E-state index < -0.39 is 0 Å². The number of benzene rings is 2. The van der Waals surface area contributed by atoms with E-state index in [2.05, 4.69) is 0 Å². The number of imidazole rings is 1. The maximum absolute atomic E-state index is 11.6. The summed E-state index contributed by atoms with van der Waals surface area (Å²) in [6.07, 6.45) is 3.80. The lowest BCUT2D eigenvalue weighted by molar-refractivity contribution is 0.0601. The number of aromatic nitrogens is 2. The van der Waals surface area contributed by atoms with Crippen LogP contribution in [0.5, 0.6) is 5.75 Å². The summed E-state index contributed by atoms with van der Waals surface area (Å²) in [4.78, 5) is 16.3. The lowest BCUT2D eigenvalue weighted by Gasteiger charge is -2.05. The first-order chi connectivity index (χ1) is 12.7. The lowest BCUT2D eigenvalue weighted by atomic mass is 10.1. The van der Waals surface area contributed by atoms with Crippen molar-refractivity contribution in [3.63, 3.8) is 0 Å². The van der Waals surface area contributed by atoms with E-state index in [4.69, 9.17) is 9.72 Å². The van der Waals surface area contributed by atoms with E-state index in [-0.39, 0.29) is 11.7 Å². The average Bonchev–Trinajstić information content (AvgIpc) is 3.12. The van der Waals surface area contributed by atoms with Crippen LogP contribution in [-0.2, 0) is 4.74 Å². The van der Waals surface area contributed by atoms with Crippen molar-refractivity contribution in [3.8, 4) is 28.1 Å². The van der Waals surface area contributed by atoms with Crippen molar-refractivity contribution in [3.05, 3.63) is 78.6 Å². The van der Waals surface area contributed by atoms with Gasteiger partial charge in [0.05, 0.1) is 18.4 Å². The Kier molecular flexibility index (Phi) is 3.89. The number of carbonyl (C=O) groups excluding carboxylic acids is 1. The second kappa shape index (κ2) is 6.37. The molecule has 4 rings (SSSR count). The number of phenolic OH excluding ortho intramolecular Hbond substituents is 1. The van der Waals surface area contributed by atoms with E-state index in [1.54, 1.807) is 24.3 Å². The summed E-state index contributed by atoms with van der Waals surface area (Å²) in [6.45, 7) is 0. The maximum Gasteiger partial charge on any atom is 0.337 e. The fraction of sp³-hybridized carbons (Fsp3) is 0.0476. The lowest BCUT2D eigenvalue weighted by Crippen LogP contribution is -2.00. The van der Waals surface area contributed by atoms with Crippen LogP contribution in [0.4, 0.5) is 0 Å². The Bertz CT molecular complexity index is 1100. The molecule has 2 heterocycles. The van der Waals surface area contributed by atoms with Gasteiger partial charge in [-0.25, -0.2) is 9.78 Å². The van der Waals surface area contributed by atoms with Gasteiger partial charge >= 0.3 is 5.97 Å². The molecule has 5 heteroatoms. The predicted octanol–water partition coefficient (Wildman–Crippen LogP) is 4.16. The van der Waals surface area contributed by atoms with Crippen LogP contribution in [-0.4, -0.2) is 27.6 Å². The average molecular weight is 344 g/mol. The van der Waals surface area contributed by atoms with Crippen LogP contribution in [0.2, 0.25) is 0 Å². The third-order valence-electron chi connectivity index (χ3n) is 4.28. The molecule has 0 spiro atoms. The summed E-state index contributed by atoms with van der Waals surface area (Å²) < 4.78 is 6.66. The minimum Gasteiger partial charge on any atom is -0.507 e. The van der Waals surface area contributed by atoms with Crippen LogP contribution in [0.1, 0.15) is 10.4 Å². The Morgan fingerprint density at radius 1 is 1.00 bits per heavy atom. The normalized spacial score (nSPS) is 10.8. The van der Waals surface area contributed by atoms with E-state index in [1.807, 2.05) is 53.2 Å². The van der Waals surface area contributed by atoms with Crippen LogP contribution in [0, 0.1) is 0 Å². The van der Waals surface area contributed by atoms with E-state index in [9.17, 15) is 9.90 Å². The van der Waals surface area contributed by atoms with Crippen molar-refractivity contribution in [1.82, 2.24) is 9.38 Å². The predicted molar refractivity (Wildman–Crippen MR) is 99.1 cm³/mol. The van der Waals surface area contributed by atoms with Gasteiger partial charge in [-0.05, 0) is 42.0 Å². The van der Waals surface area contributed by atoms with Crippen molar-refractivity contribution in [2.75, 3.05) is 7.11 Å². The largest absolute Gasteiger partial charge is 0.507 e. The highest BCUT2D eigenvalue weighted by atomic mass is 16.5. The fourth-order valence-electron chi connectivity index (χ4n) is 2.96. The number of rotatable bonds is 3. The summed E-state index contributed by atoms with van der Waals surface area (Å²) in [6, 6.07) is 18.3. The molecule has 2 aromatic heterocycles. The number of hydrogen-bond acceptors (Lipinski definition) is 4. The Morgan fingerprint density at radius 2 is 1.73 bits per heavy atom. The Labute approximate surface area is 150 Å². The molecule has 4 aromatic rings. The van der Waals surface area contributed by atoms with Crippen LogP contribution >= 0.6 is 0 Å². The molecular formula is C21H16N2O3. The minimum atomic E-state index is -0.364. The van der Waals surface area contributed by atoms with Crippen molar-refractivity contribution in [2.24, 2.45) is 0 Å². The Morgan fingerprint density at radius 3 is 2.46 bits per heavy atom. The van der Waals surface area contributed by atoms with Gasteiger partial charge in [-0.1, -0.05) is 24.3 Å². The molecule has 26 heavy (non-hydrogen) atoms. The monoisotopic (exact) mass is 344 g/mol. The molecule has 0 aliphatic carbocycles. The minimum absolute atomic E-state index is 0.194. The number of ether oxygens (including phenoxy) is 1. The van der Waals surface area contributed by atoms with E-state index >= 15 is 0 Å². The summed E-state index contributed by atoms with van der Waals surface area (Å²) in [7, 11) is 1.36. The fourth-order valence-corrected chi connectivity index (χ4v) is 2.96. The maximum atomic E-state index is 11.6. The highest BCUT2D eigenvalue weighted by Crippen LogP contribution is 2.31. The molecule has 5 nitrogen and oxygen atoms in total. The number of hydrogen-bond donors (Lipinski definition) is 1. The van der Waals surface area contributed by atoms with Gasteiger partial charge in [0.15, 0.2) is 0 Å². The molecule has 0 aliphatic heterocycles. The molecule has 0 fully saturated rings. The second-order valence-corrected chi connectivity index (χ2v) is 5.86. The summed E-state index contributed by atoms with van der Waals surface area (Å²) in [5.74, 6) is -0.169. The van der Waals surface area contributed by atoms with Gasteiger partial charge in [-0.2, -0.15) is 0 Å². The molecule has 0 saturated heterocycles. The van der Waals surface area contributed by atoms with Gasteiger partial charge < -0.3 is 14.2 Å². The molecule has 0 bridgehead atoms. The van der Waals surface area contributed by atoms with Gasteiger partial charge in [-0.15, -0.1) is 0 Å². The van der Waals surface area contributed by atoms with Crippen molar-refractivity contribution >= 4 is 11.6 Å². The van der Waals surface area contributed by atoms with Gasteiger partial charge in [-0.3, -0.25) is 0 Å². The zero-order valence-corrected chi connectivity index (χ0v) is 14.1. The van der Waals surface area contributed by atoms with Gasteiger partial charge in [0.1, 0.15) is 11.4 Å². The number of pyridine rings is 1. The highest BCUT2D eigenvalue weighted by Gasteiger charge is 2.12. The number of methoxy groups -OCH3 is 1. The molecule has 2 aromatic carbocycles. The number of phenols is 1. The van der Waals surface area contributed by atoms with Crippen molar-refractivity contribution < 1.29 is 14.6 Å². The van der Waals surface area contributed by atoms with E-state index in [1.165, 1.54) is 7.11 Å². The third-order valence-corrected chi connectivity index (χ3v) is 4.28. The molecule has 0 unspecified atom stereocenters. The number of fused-ring (bicyclic) bond motifs is 1. The summed E-state index contributed by atoms with van der Waals surface area (Å²) in [5.41, 5.74) is 4.53. The standard InChI is InChI=1S/C21H16N2O3/c1-26-21(25)15-10-8-14(9-11-15)16-6-4-12-23-13-18(22-20(16)23)17-5-2-3-7-19(17)24/h2-13,24H,1H3. The van der Waals surface area contributed by atoms with Crippen molar-refractivity contribution in [1.29, 1.82) is 0 Å². The molecular weight excluding hydrogens is 328 g/mol. The van der Waals surface area contributed by atoms with Gasteiger partial charge in [0, 0.05) is 23.5 Å². The highest BCUT2D eigenvalue weighted by molar-refractivity contribution is 5.90. The zero-order chi connectivity index (χ0) is 18.1. The first-order valence-electron chi connectivity index (χ1n) is 8.12. The number of carbonyl (C=O) groups is 1. The molecule has 0 atom stereocenters. The number of esters is 1. The van der Waals surface area contributed by atoms with E-state index in [0.717, 1.165) is 16.8 Å². The van der Waals surface area contributed by atoms with Crippen LogP contribution in [0.3, 0.4) is 0 Å². The van der Waals surface area contributed by atoms with Gasteiger partial charge in [0.2, 0.25) is 0 Å². The van der Waals surface area contributed by atoms with Crippen molar-refractivity contribution in [2.45, 2.75) is 0 Å². The molecule has 0 aliphatic rings. The van der Waals surface area contributed by atoms with E-state index in [0.29, 0.717) is 16.8 Å². The quantitative estimate of drug-likeness (QED) is 0.567. The summed E-state index contributed by atoms with van der Waals surface area (Å²) >= 11 is 0. The zero-order valence-electron chi connectivity index (χ0n) is 14.1. The molecule has 0 saturated carbocycles. The number of nitrogens with zero attached hydrogens (tertiary/aromatic N) is 2. The Hall–Kier alpha value is -3.60. The molecule has 0 amide bonds. The molecule has 0 radical (unpaired) electrons. The molecule has 1 N–H and O–H groups in total. The van der Waals surface area contributed by atoms with Gasteiger partial charge in [0.25, 0.3) is 0 Å².